The Balaban J connectivity index is 0.983. The van der Waals surface area contributed by atoms with Crippen LogP contribution >= 0.6 is 0 Å². The second-order valence-corrected chi connectivity index (χ2v) is 25.3. The lowest BCUT2D eigenvalue weighted by Crippen LogP contribution is -2.33. The molecule has 2 aliphatic rings. The molecular weight excluding hydrogens is 997 g/mol. The van der Waals surface area contributed by atoms with Gasteiger partial charge in [0, 0.05) is 50.9 Å². The summed E-state index contributed by atoms with van der Waals surface area (Å²) in [5, 5.41) is 0.732. The van der Waals surface area contributed by atoms with Crippen LogP contribution < -0.4 is 13.9 Å². The van der Waals surface area contributed by atoms with Crippen molar-refractivity contribution in [2.75, 3.05) is 0 Å². The molecule has 3 heterocycles. The Bertz CT molecular complexity index is 5010. The molecular formula is C77H72N4O+2. The minimum absolute atomic E-state index is 0.0384. The smallest absolute Gasteiger partial charge is 0.457 e. The molecule has 9 aromatic carbocycles. The predicted octanol–water partition coefficient (Wildman–Crippen LogP) is 20.7. The number of nitrogens with zero attached hydrogens (tertiary/aromatic N) is 4. The minimum atomic E-state index is -2.61. The van der Waals surface area contributed by atoms with Gasteiger partial charge in [-0.25, -0.2) is 4.98 Å². The average molecular weight is 1080 g/mol. The van der Waals surface area contributed by atoms with Gasteiger partial charge < -0.3 is 4.74 Å². The monoisotopic (exact) mass is 1080 g/mol. The zero-order valence-electron chi connectivity index (χ0n) is 59.2. The largest absolute Gasteiger partial charge is 0.503 e. The molecule has 0 spiro atoms. The molecule has 11 aromatic rings. The van der Waals surface area contributed by atoms with E-state index in [9.17, 15) is 6.85 Å². The van der Waals surface area contributed by atoms with E-state index < -0.39 is 18.9 Å². The number of ether oxygens (including phenoxy) is 1. The number of pyridine rings is 1. The lowest BCUT2D eigenvalue weighted by atomic mass is 9.63. The van der Waals surface area contributed by atoms with Crippen LogP contribution in [0.2, 0.25) is 0 Å². The van der Waals surface area contributed by atoms with Crippen LogP contribution in [0.3, 0.4) is 0 Å². The molecule has 5 nitrogen and oxygen atoms in total. The average Bonchev–Trinajstić information content (AvgIpc) is 1.65. The van der Waals surface area contributed by atoms with Crippen LogP contribution in [0.15, 0.2) is 212 Å². The van der Waals surface area contributed by atoms with Gasteiger partial charge in [0.1, 0.15) is 17.3 Å². The lowest BCUT2D eigenvalue weighted by Gasteiger charge is -2.42. The van der Waals surface area contributed by atoms with Gasteiger partial charge in [-0.15, -0.1) is 0 Å². The van der Waals surface area contributed by atoms with Gasteiger partial charge in [-0.1, -0.05) is 196 Å². The van der Waals surface area contributed by atoms with E-state index in [4.69, 9.17) is 17.9 Å². The highest BCUT2D eigenvalue weighted by atomic mass is 16.5. The van der Waals surface area contributed by atoms with Crippen molar-refractivity contribution >= 4 is 50.6 Å². The first-order chi connectivity index (χ1) is 43.8. The number of hydrogen-bond donors (Lipinski definition) is 0. The summed E-state index contributed by atoms with van der Waals surface area (Å²) in [6.07, 6.45) is 3.57. The van der Waals surface area contributed by atoms with Gasteiger partial charge in [0.15, 0.2) is 0 Å². The van der Waals surface area contributed by atoms with Gasteiger partial charge in [-0.3, -0.25) is 4.57 Å². The van der Waals surface area contributed by atoms with Crippen molar-refractivity contribution in [1.29, 1.82) is 0 Å². The molecule has 1 aliphatic heterocycles. The summed E-state index contributed by atoms with van der Waals surface area (Å²) < 4.78 is 113. The third-order valence-corrected chi connectivity index (χ3v) is 16.7. The molecule has 0 unspecified atom stereocenters. The maximum Gasteiger partial charge on any atom is 0.503 e. The van der Waals surface area contributed by atoms with Crippen molar-refractivity contribution in [1.82, 2.24) is 18.7 Å². The summed E-state index contributed by atoms with van der Waals surface area (Å²) in [6.45, 7) is 19.5. The molecule has 82 heavy (non-hydrogen) atoms. The summed E-state index contributed by atoms with van der Waals surface area (Å²) >= 11 is 0. The highest BCUT2D eigenvalue weighted by molar-refractivity contribution is 6.09. The molecule has 0 radical (unpaired) electrons. The van der Waals surface area contributed by atoms with E-state index in [-0.39, 0.29) is 91.3 Å². The molecule has 2 aromatic heterocycles. The van der Waals surface area contributed by atoms with E-state index >= 15 is 0 Å². The number of hydrogen-bond acceptors (Lipinski definition) is 2. The van der Waals surface area contributed by atoms with Crippen molar-refractivity contribution in [3.8, 4) is 61.8 Å². The van der Waals surface area contributed by atoms with E-state index in [0.29, 0.717) is 50.5 Å². The van der Waals surface area contributed by atoms with Gasteiger partial charge in [-0.2, -0.15) is 0 Å². The number of aromatic nitrogens is 2. The second-order valence-electron chi connectivity index (χ2n) is 25.3. The summed E-state index contributed by atoms with van der Waals surface area (Å²) in [4.78, 5) is 4.96. The first kappa shape index (κ1) is 41.2. The third kappa shape index (κ3) is 9.37. The Morgan fingerprint density at radius 1 is 0.537 bits per heavy atom. The standard InChI is InChI=1S/C77H72N4O/c1-50-40-72(78-48-65(50)54-34-37-66-67(44-54)77(10,11)39-38-76(66,8)9)81-68-31-16-15-28-63(68)64-36-35-60(47-71(64)81)82-59-27-20-26-58(46-59)79-49-80(70-33-18-17-32-69(70)79)73-61(53-25-19-24-52(41-53)51-22-13-12-14-23-51)29-21-30-62(73)55-42-56(74(2,3)4)45-57(43-55)75(5,6)7/h12-37,40-48H,38-39H2,1-11H3/q+2/i1D3,15D,16D,19D,24D,25D,28D,31D,41D. The molecule has 404 valence electrons. The van der Waals surface area contributed by atoms with Crippen LogP contribution in [-0.4, -0.2) is 15.6 Å². The first-order valence-corrected chi connectivity index (χ1v) is 28.2. The quantitative estimate of drug-likeness (QED) is 0.135. The maximum atomic E-state index is 9.94. The lowest BCUT2D eigenvalue weighted by molar-refractivity contribution is 0.332. The summed E-state index contributed by atoms with van der Waals surface area (Å²) in [5.41, 5.74) is 11.9. The first-order valence-electron chi connectivity index (χ1n) is 33.7. The molecule has 13 rings (SSSR count). The van der Waals surface area contributed by atoms with Crippen molar-refractivity contribution in [3.63, 3.8) is 0 Å². The van der Waals surface area contributed by atoms with E-state index in [0.717, 1.165) is 52.0 Å². The Hall–Kier alpha value is -8.89. The molecule has 0 saturated heterocycles. The zero-order valence-corrected chi connectivity index (χ0v) is 48.2. The highest BCUT2D eigenvalue weighted by Crippen LogP contribution is 2.49. The number of fused-ring (bicyclic) bond motifs is 5. The fourth-order valence-corrected chi connectivity index (χ4v) is 11.9. The normalized spacial score (nSPS) is 16.6. The Morgan fingerprint density at radius 3 is 1.95 bits per heavy atom. The van der Waals surface area contributed by atoms with E-state index in [1.54, 1.807) is 29.0 Å². The third-order valence-electron chi connectivity index (χ3n) is 16.7. The van der Waals surface area contributed by atoms with Crippen molar-refractivity contribution in [3.05, 3.63) is 240 Å². The summed E-state index contributed by atoms with van der Waals surface area (Å²) in [5.74, 6) is 0.939. The van der Waals surface area contributed by atoms with Gasteiger partial charge in [0.05, 0.1) is 39.2 Å². The highest BCUT2D eigenvalue weighted by Gasteiger charge is 2.40. The minimum Gasteiger partial charge on any atom is -0.457 e. The van der Waals surface area contributed by atoms with Crippen LogP contribution in [0.1, 0.15) is 125 Å². The molecule has 0 fully saturated rings. The number of benzene rings is 9. The predicted molar refractivity (Wildman–Crippen MR) is 345 cm³/mol. The Labute approximate surface area is 499 Å². The van der Waals surface area contributed by atoms with Crippen LogP contribution in [0.4, 0.5) is 22.7 Å². The van der Waals surface area contributed by atoms with Crippen LogP contribution in [0.5, 0.6) is 11.5 Å². The molecule has 1 aliphatic carbocycles. The van der Waals surface area contributed by atoms with Gasteiger partial charge >= 0.3 is 6.01 Å². The maximum absolute atomic E-state index is 9.94. The Morgan fingerprint density at radius 2 is 1.21 bits per heavy atom. The zero-order chi connectivity index (χ0) is 66.3. The molecule has 0 amide bonds. The number of aryl methyl sites for hydroxylation is 1. The molecule has 5 heteroatoms. The van der Waals surface area contributed by atoms with Crippen LogP contribution in [0, 0.1) is 6.85 Å². The van der Waals surface area contributed by atoms with Crippen molar-refractivity contribution < 1.29 is 19.8 Å². The SMILES string of the molecule is [2H]c1c([2H])c(-c2ccccc2)c([2H])c(-c2cccc(-c3cc(C(C)(C)C)cc(C(C)(C)C)c3)c2[N+]2=C=[N+](c3cccc(Oc4ccc5c6c([2H])c([2H])c([2H])c([2H])c6n(-c6cc(C([2H])([2H])[2H])c(-c7ccc8c(c7)C(C)(C)CCC8(C)C)cn6)c5c4)c3)c3ccccc32)c1[2H]. The van der Waals surface area contributed by atoms with E-state index in [1.165, 1.54) is 17.2 Å². The van der Waals surface area contributed by atoms with Crippen molar-refractivity contribution in [2.45, 2.75) is 111 Å². The molecule has 0 saturated carbocycles. The fourth-order valence-electron chi connectivity index (χ4n) is 11.9. The molecule has 0 bridgehead atoms. The van der Waals surface area contributed by atoms with Gasteiger partial charge in [-0.05, 0) is 155 Å². The number of para-hydroxylation sites is 4. The van der Waals surface area contributed by atoms with Crippen molar-refractivity contribution in [2.24, 2.45) is 0 Å². The van der Waals surface area contributed by atoms with E-state index in [2.05, 4.69) is 112 Å². The van der Waals surface area contributed by atoms with Crippen LogP contribution in [0.25, 0.3) is 72.1 Å². The van der Waals surface area contributed by atoms with E-state index in [1.807, 2.05) is 106 Å². The topological polar surface area (TPSA) is 33.1 Å². The molecule has 0 N–H and O–H groups in total. The van der Waals surface area contributed by atoms with Crippen LogP contribution in [-0.2, 0) is 21.7 Å². The number of rotatable bonds is 9. The fraction of sp³-hybridized carbons (Fsp3) is 0.221. The summed E-state index contributed by atoms with van der Waals surface area (Å²) in [7, 11) is 0. The summed E-state index contributed by atoms with van der Waals surface area (Å²) in [6, 6.07) is 51.7. The Kier molecular flexibility index (Phi) is 9.88. The van der Waals surface area contributed by atoms with Gasteiger partial charge in [0.25, 0.3) is 11.4 Å². The second kappa shape index (κ2) is 19.7. The molecule has 0 atom stereocenters. The van der Waals surface area contributed by atoms with Gasteiger partial charge in [0.2, 0.25) is 11.4 Å².